The topological polar surface area (TPSA) is 92.8 Å². The van der Waals surface area contributed by atoms with Crippen LogP contribution in [-0.2, 0) is 19.3 Å². The Morgan fingerprint density at radius 2 is 2.07 bits per heavy atom. The van der Waals surface area contributed by atoms with Gasteiger partial charge < -0.3 is 15.0 Å². The highest BCUT2D eigenvalue weighted by Gasteiger charge is 2.32. The molecule has 1 amide bonds. The number of carbonyl (C=O) groups excluding carboxylic acids is 1. The number of halogens is 2. The summed E-state index contributed by atoms with van der Waals surface area (Å²) in [6.07, 6.45) is 4.94. The fraction of sp³-hybridized carbons (Fsp3) is 0.222. The van der Waals surface area contributed by atoms with Crippen LogP contribution in [-0.4, -0.2) is 32.4 Å². The zero-order valence-electron chi connectivity index (χ0n) is 14.0. The number of nitrogens with zero attached hydrogens (tertiary/aromatic N) is 3. The van der Waals surface area contributed by atoms with Crippen LogP contribution in [0, 0.1) is 5.82 Å². The molecule has 2 N–H and O–H groups in total. The summed E-state index contributed by atoms with van der Waals surface area (Å²) in [4.78, 5) is 27.4. The van der Waals surface area contributed by atoms with Crippen LogP contribution in [0.25, 0.3) is 11.3 Å². The molecule has 4 heterocycles. The third-order valence-corrected chi connectivity index (χ3v) is 5.03. The van der Waals surface area contributed by atoms with Gasteiger partial charge in [-0.1, -0.05) is 11.6 Å². The number of hydrogen-bond donors (Lipinski definition) is 2. The molecule has 3 aromatic rings. The van der Waals surface area contributed by atoms with Crippen LogP contribution in [0.3, 0.4) is 0 Å². The lowest BCUT2D eigenvalue weighted by molar-refractivity contribution is 0.0945. The van der Waals surface area contributed by atoms with E-state index in [0.29, 0.717) is 42.6 Å². The number of aromatic nitrogens is 4. The van der Waals surface area contributed by atoms with Gasteiger partial charge in [0.25, 0.3) is 11.8 Å². The predicted molar refractivity (Wildman–Crippen MR) is 94.5 cm³/mol. The highest BCUT2D eigenvalue weighted by molar-refractivity contribution is 6.29. The van der Waals surface area contributed by atoms with E-state index < -0.39 is 5.82 Å². The number of carbonyl (C=O) groups is 1. The fourth-order valence-corrected chi connectivity index (χ4v) is 3.79. The average molecular weight is 386 g/mol. The van der Waals surface area contributed by atoms with Crippen molar-refractivity contribution in [2.45, 2.75) is 19.3 Å². The first-order chi connectivity index (χ1) is 13.1. The maximum atomic E-state index is 15.3. The van der Waals surface area contributed by atoms with Crippen LogP contribution in [0.5, 0.6) is 11.9 Å². The first kappa shape index (κ1) is 16.2. The van der Waals surface area contributed by atoms with Gasteiger partial charge in [-0.3, -0.25) is 4.79 Å². The predicted octanol–water partition coefficient (Wildman–Crippen LogP) is 2.84. The van der Waals surface area contributed by atoms with E-state index in [4.69, 9.17) is 16.3 Å². The van der Waals surface area contributed by atoms with Crippen molar-refractivity contribution in [3.8, 4) is 23.1 Å². The van der Waals surface area contributed by atoms with Gasteiger partial charge in [-0.05, 0) is 30.0 Å². The number of pyridine rings is 1. The normalized spacial score (nSPS) is 14.8. The quantitative estimate of drug-likeness (QED) is 0.662. The molecular formula is C18H13ClFN5O2. The molecule has 1 aliphatic heterocycles. The number of aryl methyl sites for hydroxylation is 1. The molecule has 1 aliphatic carbocycles. The SMILES string of the molecule is O=C1NCCc2[nH]c3c(c21)CCc1cnc(Oc2nccc(Cl)n2)c(F)c1-3. The van der Waals surface area contributed by atoms with Gasteiger partial charge in [0.2, 0.25) is 0 Å². The zero-order valence-corrected chi connectivity index (χ0v) is 14.7. The van der Waals surface area contributed by atoms with Crippen molar-refractivity contribution in [3.63, 3.8) is 0 Å². The molecule has 3 aromatic heterocycles. The lowest BCUT2D eigenvalue weighted by Crippen LogP contribution is -2.32. The number of hydrogen-bond acceptors (Lipinski definition) is 5. The molecule has 0 saturated carbocycles. The maximum absolute atomic E-state index is 15.3. The molecule has 2 aliphatic rings. The third kappa shape index (κ3) is 2.56. The summed E-state index contributed by atoms with van der Waals surface area (Å²) in [5, 5.41) is 3.03. The van der Waals surface area contributed by atoms with Gasteiger partial charge in [-0.15, -0.1) is 0 Å². The minimum absolute atomic E-state index is 0.0879. The van der Waals surface area contributed by atoms with E-state index in [0.717, 1.165) is 16.8 Å². The Kier molecular flexibility index (Phi) is 3.61. The summed E-state index contributed by atoms with van der Waals surface area (Å²) in [7, 11) is 0. The average Bonchev–Trinajstić information content (AvgIpc) is 3.04. The fourth-order valence-electron chi connectivity index (χ4n) is 3.66. The van der Waals surface area contributed by atoms with Gasteiger partial charge in [0.1, 0.15) is 5.15 Å². The summed E-state index contributed by atoms with van der Waals surface area (Å²) in [5.74, 6) is -0.965. The molecule has 0 saturated heterocycles. The Labute approximate surface area is 158 Å². The van der Waals surface area contributed by atoms with E-state index in [-0.39, 0.29) is 23.0 Å². The minimum Gasteiger partial charge on any atom is -0.402 e. The van der Waals surface area contributed by atoms with Crippen LogP contribution >= 0.6 is 11.6 Å². The van der Waals surface area contributed by atoms with Gasteiger partial charge >= 0.3 is 6.01 Å². The van der Waals surface area contributed by atoms with Crippen LogP contribution in [0.1, 0.15) is 27.2 Å². The Bertz CT molecular complexity index is 1100. The summed E-state index contributed by atoms with van der Waals surface area (Å²) < 4.78 is 20.7. The van der Waals surface area contributed by atoms with E-state index in [1.54, 1.807) is 6.20 Å². The number of rotatable bonds is 2. The van der Waals surface area contributed by atoms with Crippen molar-refractivity contribution < 1.29 is 13.9 Å². The van der Waals surface area contributed by atoms with E-state index in [2.05, 4.69) is 25.3 Å². The Morgan fingerprint density at radius 3 is 2.93 bits per heavy atom. The van der Waals surface area contributed by atoms with Crippen molar-refractivity contribution >= 4 is 17.5 Å². The number of fused-ring (bicyclic) bond motifs is 5. The standard InChI is InChI=1S/C18H13ClFN5O2/c19-11-4-6-22-18(25-11)27-17-14(20)12-8(7-23-17)1-2-9-13-10(24-15(9)12)3-5-21-16(13)26/h4,6-7,24H,1-3,5H2,(H,21,26). The van der Waals surface area contributed by atoms with Gasteiger partial charge in [0.15, 0.2) is 5.82 Å². The molecule has 136 valence electrons. The summed E-state index contributed by atoms with van der Waals surface area (Å²) in [6.45, 7) is 0.567. The van der Waals surface area contributed by atoms with Crippen molar-refractivity contribution in [2.75, 3.05) is 6.54 Å². The zero-order chi connectivity index (χ0) is 18.5. The summed E-state index contributed by atoms with van der Waals surface area (Å²) in [5.41, 5.74) is 4.08. The molecule has 0 fully saturated rings. The Hall–Kier alpha value is -3.00. The highest BCUT2D eigenvalue weighted by Crippen LogP contribution is 2.40. The molecule has 0 aromatic carbocycles. The molecule has 0 radical (unpaired) electrons. The number of aromatic amines is 1. The lowest BCUT2D eigenvalue weighted by atomic mass is 9.88. The Morgan fingerprint density at radius 1 is 1.19 bits per heavy atom. The van der Waals surface area contributed by atoms with Crippen molar-refractivity contribution in [2.24, 2.45) is 0 Å². The van der Waals surface area contributed by atoms with E-state index in [1.165, 1.54) is 12.3 Å². The van der Waals surface area contributed by atoms with E-state index >= 15 is 4.39 Å². The molecule has 5 rings (SSSR count). The van der Waals surface area contributed by atoms with Gasteiger partial charge in [0.05, 0.1) is 11.3 Å². The molecule has 0 unspecified atom stereocenters. The molecule has 7 nitrogen and oxygen atoms in total. The summed E-state index contributed by atoms with van der Waals surface area (Å²) >= 11 is 5.82. The van der Waals surface area contributed by atoms with Gasteiger partial charge in [-0.25, -0.2) is 14.4 Å². The lowest BCUT2D eigenvalue weighted by Gasteiger charge is -2.19. The molecule has 9 heteroatoms. The smallest absolute Gasteiger partial charge is 0.324 e. The van der Waals surface area contributed by atoms with Gasteiger partial charge in [-0.2, -0.15) is 4.98 Å². The number of H-pyrrole nitrogens is 1. The van der Waals surface area contributed by atoms with Crippen molar-refractivity contribution in [1.82, 2.24) is 25.3 Å². The Balaban J connectivity index is 1.62. The monoisotopic (exact) mass is 385 g/mol. The maximum Gasteiger partial charge on any atom is 0.324 e. The van der Waals surface area contributed by atoms with Crippen LogP contribution in [0.4, 0.5) is 4.39 Å². The van der Waals surface area contributed by atoms with E-state index in [1.807, 2.05) is 0 Å². The molecule has 0 spiro atoms. The second-order valence-electron chi connectivity index (χ2n) is 6.38. The number of nitrogens with one attached hydrogen (secondary N) is 2. The first-order valence-electron chi connectivity index (χ1n) is 8.48. The largest absolute Gasteiger partial charge is 0.402 e. The molecule has 27 heavy (non-hydrogen) atoms. The third-order valence-electron chi connectivity index (χ3n) is 4.82. The number of amides is 1. The molecule has 0 bridgehead atoms. The molecule has 0 atom stereocenters. The van der Waals surface area contributed by atoms with Crippen LogP contribution in [0.15, 0.2) is 18.5 Å². The summed E-state index contributed by atoms with van der Waals surface area (Å²) in [6, 6.07) is 1.40. The van der Waals surface area contributed by atoms with E-state index in [9.17, 15) is 4.79 Å². The van der Waals surface area contributed by atoms with Crippen molar-refractivity contribution in [1.29, 1.82) is 0 Å². The number of ether oxygens (including phenoxy) is 1. The van der Waals surface area contributed by atoms with Crippen LogP contribution < -0.4 is 10.1 Å². The van der Waals surface area contributed by atoms with Crippen molar-refractivity contribution in [3.05, 3.63) is 51.8 Å². The molecular weight excluding hydrogens is 373 g/mol. The first-order valence-corrected chi connectivity index (χ1v) is 8.85. The highest BCUT2D eigenvalue weighted by atomic mass is 35.5. The van der Waals surface area contributed by atoms with Gasteiger partial charge in [0, 0.05) is 36.6 Å². The second kappa shape index (κ2) is 6.02. The van der Waals surface area contributed by atoms with Crippen LogP contribution in [0.2, 0.25) is 5.15 Å². The second-order valence-corrected chi connectivity index (χ2v) is 6.77. The minimum atomic E-state index is -0.615.